The van der Waals surface area contributed by atoms with Gasteiger partial charge in [0.25, 0.3) is 11.5 Å². The van der Waals surface area contributed by atoms with E-state index in [0.29, 0.717) is 6.61 Å². The third kappa shape index (κ3) is 5.30. The van der Waals surface area contributed by atoms with E-state index in [0.717, 1.165) is 24.0 Å². The Hall–Kier alpha value is -3.91. The highest BCUT2D eigenvalue weighted by molar-refractivity contribution is 6.05. The molecule has 1 aromatic heterocycles. The molecule has 2 heterocycles. The number of hydrogen-bond acceptors (Lipinski definition) is 5. The third-order valence-corrected chi connectivity index (χ3v) is 5.56. The van der Waals surface area contributed by atoms with Crippen LogP contribution in [0.15, 0.2) is 76.3 Å². The smallest absolute Gasteiger partial charge is 0.330 e. The zero-order chi connectivity index (χ0) is 23.2. The summed E-state index contributed by atoms with van der Waals surface area (Å²) >= 11 is 0. The Balaban J connectivity index is 1.73. The van der Waals surface area contributed by atoms with Gasteiger partial charge in [0.15, 0.2) is 5.69 Å². The molecule has 8 nitrogen and oxygen atoms in total. The van der Waals surface area contributed by atoms with E-state index in [2.05, 4.69) is 4.98 Å². The SMILES string of the molecule is Nc1c(N(CC2CCCO2)C(=O)/C=C\c2ccccc2)c(=O)[nH]c(=O)n1Cc1ccccc1. The van der Waals surface area contributed by atoms with Crippen LogP contribution in [0.1, 0.15) is 24.0 Å². The second kappa shape index (κ2) is 10.1. The molecule has 1 aliphatic heterocycles. The quantitative estimate of drug-likeness (QED) is 0.542. The lowest BCUT2D eigenvalue weighted by molar-refractivity contribution is -0.114. The van der Waals surface area contributed by atoms with Gasteiger partial charge in [-0.1, -0.05) is 60.7 Å². The summed E-state index contributed by atoms with van der Waals surface area (Å²) in [4.78, 5) is 42.3. The minimum atomic E-state index is -0.707. The minimum absolute atomic E-state index is 0.0521. The summed E-state index contributed by atoms with van der Waals surface area (Å²) < 4.78 is 6.97. The van der Waals surface area contributed by atoms with Crippen LogP contribution in [0.25, 0.3) is 6.08 Å². The van der Waals surface area contributed by atoms with Crippen molar-refractivity contribution >= 4 is 23.5 Å². The van der Waals surface area contributed by atoms with E-state index >= 15 is 0 Å². The number of nitrogens with zero attached hydrogens (tertiary/aromatic N) is 2. The van der Waals surface area contributed by atoms with Gasteiger partial charge < -0.3 is 10.5 Å². The molecule has 3 aromatic rings. The van der Waals surface area contributed by atoms with E-state index in [4.69, 9.17) is 10.5 Å². The molecule has 1 atom stereocenters. The summed E-state index contributed by atoms with van der Waals surface area (Å²) in [5.41, 5.74) is 6.63. The molecule has 33 heavy (non-hydrogen) atoms. The van der Waals surface area contributed by atoms with Crippen LogP contribution in [0.5, 0.6) is 0 Å². The summed E-state index contributed by atoms with van der Waals surface area (Å²) in [6.07, 6.45) is 4.51. The van der Waals surface area contributed by atoms with Gasteiger partial charge in [0.1, 0.15) is 5.82 Å². The number of amides is 1. The molecule has 0 aliphatic carbocycles. The maximum Gasteiger partial charge on any atom is 0.330 e. The van der Waals surface area contributed by atoms with Crippen LogP contribution in [0.3, 0.4) is 0 Å². The molecular formula is C25H26N4O4. The molecule has 1 saturated heterocycles. The monoisotopic (exact) mass is 446 g/mol. The highest BCUT2D eigenvalue weighted by atomic mass is 16.5. The molecule has 0 bridgehead atoms. The lowest BCUT2D eigenvalue weighted by Crippen LogP contribution is -2.43. The van der Waals surface area contributed by atoms with Gasteiger partial charge in [-0.3, -0.25) is 24.0 Å². The fourth-order valence-electron chi connectivity index (χ4n) is 3.87. The number of ether oxygens (including phenoxy) is 1. The molecule has 0 spiro atoms. The van der Waals surface area contributed by atoms with Crippen molar-refractivity contribution in [3.63, 3.8) is 0 Å². The highest BCUT2D eigenvalue weighted by Crippen LogP contribution is 2.22. The fourth-order valence-corrected chi connectivity index (χ4v) is 3.87. The number of nitrogens with two attached hydrogens (primary N) is 1. The number of rotatable bonds is 7. The molecule has 1 fully saturated rings. The first kappa shape index (κ1) is 22.3. The van der Waals surface area contributed by atoms with Gasteiger partial charge in [-0.15, -0.1) is 0 Å². The van der Waals surface area contributed by atoms with Crippen LogP contribution < -0.4 is 21.9 Å². The number of aromatic amines is 1. The Labute approximate surface area is 190 Å². The standard InChI is InChI=1S/C25H26N4O4/c26-23-22(24(31)27-25(32)29(23)16-19-10-5-2-6-11-19)28(17-20-12-7-15-33-20)21(30)14-13-18-8-3-1-4-9-18/h1-6,8-11,13-14,20H,7,12,15-17,26H2,(H,27,31,32)/b14-13-. The van der Waals surface area contributed by atoms with Gasteiger partial charge in [-0.05, 0) is 30.0 Å². The van der Waals surface area contributed by atoms with Crippen molar-refractivity contribution in [1.82, 2.24) is 9.55 Å². The number of hydrogen-bond donors (Lipinski definition) is 2. The largest absolute Gasteiger partial charge is 0.383 e. The lowest BCUT2D eigenvalue weighted by atomic mass is 10.2. The maximum atomic E-state index is 13.3. The Morgan fingerprint density at radius 1 is 1.12 bits per heavy atom. The minimum Gasteiger partial charge on any atom is -0.383 e. The first-order chi connectivity index (χ1) is 16.0. The number of aromatic nitrogens is 2. The summed E-state index contributed by atoms with van der Waals surface area (Å²) in [7, 11) is 0. The van der Waals surface area contributed by atoms with Gasteiger partial charge in [0, 0.05) is 12.7 Å². The maximum absolute atomic E-state index is 13.3. The van der Waals surface area contributed by atoms with Crippen LogP contribution in [-0.4, -0.2) is 34.7 Å². The molecule has 0 saturated carbocycles. The average molecular weight is 447 g/mol. The zero-order valence-corrected chi connectivity index (χ0v) is 18.1. The molecule has 1 aliphatic rings. The number of carbonyl (C=O) groups is 1. The van der Waals surface area contributed by atoms with E-state index in [-0.39, 0.29) is 30.7 Å². The van der Waals surface area contributed by atoms with E-state index in [9.17, 15) is 14.4 Å². The number of carbonyl (C=O) groups excluding carboxylic acids is 1. The number of anilines is 2. The fraction of sp³-hybridized carbons (Fsp3) is 0.240. The predicted octanol–water partition coefficient (Wildman–Crippen LogP) is 2.39. The average Bonchev–Trinajstić information content (AvgIpc) is 3.34. The zero-order valence-electron chi connectivity index (χ0n) is 18.1. The second-order valence-electron chi connectivity index (χ2n) is 7.89. The van der Waals surface area contributed by atoms with Crippen LogP contribution in [-0.2, 0) is 16.1 Å². The van der Waals surface area contributed by atoms with E-state index in [1.54, 1.807) is 6.08 Å². The highest BCUT2D eigenvalue weighted by Gasteiger charge is 2.27. The molecule has 1 amide bonds. The number of nitrogen functional groups attached to an aromatic ring is 1. The topological polar surface area (TPSA) is 110 Å². The van der Waals surface area contributed by atoms with Crippen molar-refractivity contribution in [2.24, 2.45) is 0 Å². The van der Waals surface area contributed by atoms with Crippen molar-refractivity contribution in [2.75, 3.05) is 23.8 Å². The molecule has 1 unspecified atom stereocenters. The predicted molar refractivity (Wildman–Crippen MR) is 128 cm³/mol. The molecule has 3 N–H and O–H groups in total. The van der Waals surface area contributed by atoms with E-state index < -0.39 is 17.2 Å². The van der Waals surface area contributed by atoms with Crippen molar-refractivity contribution in [1.29, 1.82) is 0 Å². The van der Waals surface area contributed by atoms with E-state index in [1.165, 1.54) is 15.5 Å². The summed E-state index contributed by atoms with van der Waals surface area (Å²) in [5.74, 6) is -0.483. The van der Waals surface area contributed by atoms with Crippen LogP contribution >= 0.6 is 0 Å². The van der Waals surface area contributed by atoms with Gasteiger partial charge in [0.2, 0.25) is 0 Å². The van der Waals surface area contributed by atoms with Crippen molar-refractivity contribution in [3.8, 4) is 0 Å². The number of nitrogens with one attached hydrogen (secondary N) is 1. The summed E-state index contributed by atoms with van der Waals surface area (Å²) in [5, 5.41) is 0. The van der Waals surface area contributed by atoms with Crippen LogP contribution in [0.4, 0.5) is 11.5 Å². The molecule has 0 radical (unpaired) electrons. The lowest BCUT2D eigenvalue weighted by Gasteiger charge is -2.25. The van der Waals surface area contributed by atoms with Gasteiger partial charge >= 0.3 is 5.69 Å². The van der Waals surface area contributed by atoms with Gasteiger partial charge in [-0.25, -0.2) is 4.79 Å². The molecule has 170 valence electrons. The number of H-pyrrole nitrogens is 1. The third-order valence-electron chi connectivity index (χ3n) is 5.56. The summed E-state index contributed by atoms with van der Waals surface area (Å²) in [6, 6.07) is 18.7. The van der Waals surface area contributed by atoms with Gasteiger partial charge in [-0.2, -0.15) is 0 Å². The van der Waals surface area contributed by atoms with E-state index in [1.807, 2.05) is 60.7 Å². The first-order valence-corrected chi connectivity index (χ1v) is 10.9. The molecule has 8 heteroatoms. The summed E-state index contributed by atoms with van der Waals surface area (Å²) in [6.45, 7) is 0.928. The molecular weight excluding hydrogens is 420 g/mol. The van der Waals surface area contributed by atoms with Crippen molar-refractivity contribution in [3.05, 3.63) is 98.7 Å². The molecule has 2 aromatic carbocycles. The second-order valence-corrected chi connectivity index (χ2v) is 7.89. The Morgan fingerprint density at radius 3 is 2.48 bits per heavy atom. The Bertz CT molecular complexity index is 1240. The van der Waals surface area contributed by atoms with Gasteiger partial charge in [0.05, 0.1) is 19.2 Å². The number of benzene rings is 2. The van der Waals surface area contributed by atoms with Crippen LogP contribution in [0.2, 0.25) is 0 Å². The van der Waals surface area contributed by atoms with Crippen molar-refractivity contribution in [2.45, 2.75) is 25.5 Å². The Morgan fingerprint density at radius 2 is 1.82 bits per heavy atom. The Kier molecular flexibility index (Phi) is 6.85. The normalized spacial score (nSPS) is 15.7. The van der Waals surface area contributed by atoms with Crippen LogP contribution in [0, 0.1) is 0 Å². The van der Waals surface area contributed by atoms with Crippen molar-refractivity contribution < 1.29 is 9.53 Å². The molecule has 4 rings (SSSR count). The first-order valence-electron chi connectivity index (χ1n) is 10.9.